The fourth-order valence-electron chi connectivity index (χ4n) is 5.69. The van der Waals surface area contributed by atoms with Gasteiger partial charge in [-0.05, 0) is 60.9 Å². The maximum absolute atomic E-state index is 13.9. The Morgan fingerprint density at radius 3 is 2.48 bits per heavy atom. The number of para-hydroxylation sites is 1. The summed E-state index contributed by atoms with van der Waals surface area (Å²) in [6.07, 6.45) is 0.800. The first-order valence-electron chi connectivity index (χ1n) is 13.3. The van der Waals surface area contributed by atoms with Crippen LogP contribution in [0.4, 0.5) is 10.1 Å². The highest BCUT2D eigenvalue weighted by Gasteiger charge is 2.54. The minimum atomic E-state index is -0.877. The van der Waals surface area contributed by atoms with Crippen molar-refractivity contribution in [3.8, 4) is 11.5 Å². The number of nitrogens with zero attached hydrogens (tertiary/aromatic N) is 3. The van der Waals surface area contributed by atoms with Crippen molar-refractivity contribution in [1.29, 1.82) is 0 Å². The Morgan fingerprint density at radius 1 is 0.925 bits per heavy atom. The van der Waals surface area contributed by atoms with Gasteiger partial charge in [-0.1, -0.05) is 30.3 Å². The molecule has 1 N–H and O–H groups in total. The highest BCUT2D eigenvalue weighted by molar-refractivity contribution is 5.97. The maximum Gasteiger partial charge on any atom is 0.253 e. The summed E-state index contributed by atoms with van der Waals surface area (Å²) in [6.45, 7) is 1.34. The van der Waals surface area contributed by atoms with Crippen LogP contribution in [0.5, 0.6) is 11.5 Å². The second kappa shape index (κ2) is 10.5. The molecule has 2 fully saturated rings. The molecule has 40 heavy (non-hydrogen) atoms. The van der Waals surface area contributed by atoms with Crippen molar-refractivity contribution in [3.63, 3.8) is 0 Å². The Hall–Kier alpha value is -4.60. The first-order valence-corrected chi connectivity index (χ1v) is 13.3. The molecule has 0 aromatic heterocycles. The van der Waals surface area contributed by atoms with Crippen LogP contribution >= 0.6 is 0 Å². The molecule has 0 bridgehead atoms. The summed E-state index contributed by atoms with van der Waals surface area (Å²) in [5, 5.41) is 2.90. The molecular weight excluding hydrogens is 515 g/mol. The lowest BCUT2D eigenvalue weighted by atomic mass is 9.85. The largest absolute Gasteiger partial charge is 0.454 e. The summed E-state index contributed by atoms with van der Waals surface area (Å²) in [7, 11) is 0. The van der Waals surface area contributed by atoms with Crippen molar-refractivity contribution < 1.29 is 28.2 Å². The van der Waals surface area contributed by atoms with E-state index in [0.717, 1.165) is 11.3 Å². The van der Waals surface area contributed by atoms with E-state index >= 15 is 0 Å². The monoisotopic (exact) mass is 544 g/mol. The van der Waals surface area contributed by atoms with E-state index in [9.17, 15) is 18.8 Å². The lowest BCUT2D eigenvalue weighted by Crippen LogP contribution is -2.57. The van der Waals surface area contributed by atoms with Crippen molar-refractivity contribution in [2.45, 2.75) is 24.9 Å². The SMILES string of the molecule is O=C(CN1CN(c2ccccc2)C2(CCN(C(=O)c3cccc(F)c3)CC2)C1=O)NCc1ccc2c(c1)OCO2. The average molecular weight is 545 g/mol. The zero-order valence-electron chi connectivity index (χ0n) is 21.8. The Bertz CT molecular complexity index is 1440. The molecule has 10 heteroatoms. The summed E-state index contributed by atoms with van der Waals surface area (Å²) >= 11 is 0. The predicted molar refractivity (Wildman–Crippen MR) is 144 cm³/mol. The summed E-state index contributed by atoms with van der Waals surface area (Å²) < 4.78 is 24.4. The molecule has 0 saturated carbocycles. The number of hydrogen-bond donors (Lipinski definition) is 1. The van der Waals surface area contributed by atoms with Crippen LogP contribution in [0.2, 0.25) is 0 Å². The number of nitrogens with one attached hydrogen (secondary N) is 1. The fraction of sp³-hybridized carbons (Fsp3) is 0.300. The van der Waals surface area contributed by atoms with Gasteiger partial charge in [0.2, 0.25) is 12.7 Å². The first kappa shape index (κ1) is 25.7. The third-order valence-electron chi connectivity index (χ3n) is 7.79. The highest BCUT2D eigenvalue weighted by Crippen LogP contribution is 2.39. The molecule has 3 heterocycles. The van der Waals surface area contributed by atoms with Gasteiger partial charge in [-0.2, -0.15) is 0 Å². The topological polar surface area (TPSA) is 91.4 Å². The maximum atomic E-state index is 13.9. The number of hydrogen-bond acceptors (Lipinski definition) is 6. The van der Waals surface area contributed by atoms with E-state index in [1.165, 1.54) is 18.2 Å². The van der Waals surface area contributed by atoms with Gasteiger partial charge in [-0.15, -0.1) is 0 Å². The summed E-state index contributed by atoms with van der Waals surface area (Å²) in [5.74, 6) is 0.192. The number of fused-ring (bicyclic) bond motifs is 1. The molecule has 3 aromatic carbocycles. The van der Waals surface area contributed by atoms with E-state index in [2.05, 4.69) is 5.32 Å². The van der Waals surface area contributed by atoms with Crippen LogP contribution in [0.1, 0.15) is 28.8 Å². The van der Waals surface area contributed by atoms with Crippen molar-refractivity contribution in [2.24, 2.45) is 0 Å². The molecule has 2 saturated heterocycles. The van der Waals surface area contributed by atoms with Gasteiger partial charge >= 0.3 is 0 Å². The number of halogens is 1. The Labute approximate surface area is 231 Å². The lowest BCUT2D eigenvalue weighted by Gasteiger charge is -2.43. The van der Waals surface area contributed by atoms with E-state index in [1.54, 1.807) is 21.9 Å². The molecule has 3 aromatic rings. The van der Waals surface area contributed by atoms with Gasteiger partial charge in [-0.25, -0.2) is 4.39 Å². The van der Waals surface area contributed by atoms with E-state index in [1.807, 2.05) is 47.4 Å². The normalized spacial score (nSPS) is 17.4. The van der Waals surface area contributed by atoms with Crippen molar-refractivity contribution in [1.82, 2.24) is 15.1 Å². The first-order chi connectivity index (χ1) is 19.4. The number of rotatable bonds is 6. The van der Waals surface area contributed by atoms with Gasteiger partial charge < -0.3 is 29.5 Å². The van der Waals surface area contributed by atoms with Gasteiger partial charge in [-0.3, -0.25) is 14.4 Å². The molecule has 206 valence electrons. The number of likely N-dealkylation sites (tertiary alicyclic amines) is 1. The number of ether oxygens (including phenoxy) is 2. The van der Waals surface area contributed by atoms with Crippen LogP contribution in [0.25, 0.3) is 0 Å². The van der Waals surface area contributed by atoms with Crippen molar-refractivity contribution in [3.05, 3.63) is 89.7 Å². The molecule has 0 unspecified atom stereocenters. The molecule has 3 aliphatic heterocycles. The van der Waals surface area contributed by atoms with E-state index in [-0.39, 0.29) is 43.3 Å². The van der Waals surface area contributed by atoms with E-state index < -0.39 is 11.4 Å². The standard InChI is InChI=1S/C30H29FN4O5/c31-23-6-4-5-22(16-23)28(37)33-13-11-30(12-14-33)29(38)34(19-35(30)24-7-2-1-3-8-24)18-27(36)32-17-21-9-10-25-26(15-21)40-20-39-25/h1-10,15-16H,11-14,17-20H2,(H,32,36). The van der Waals surface area contributed by atoms with Crippen LogP contribution in [0, 0.1) is 5.82 Å². The molecule has 3 aliphatic rings. The quantitative estimate of drug-likeness (QED) is 0.513. The lowest BCUT2D eigenvalue weighted by molar-refractivity contribution is -0.137. The van der Waals surface area contributed by atoms with Gasteiger partial charge in [0, 0.05) is 30.9 Å². The Kier molecular flexibility index (Phi) is 6.75. The summed E-state index contributed by atoms with van der Waals surface area (Å²) in [5.41, 5.74) is 1.15. The number of piperidine rings is 1. The smallest absolute Gasteiger partial charge is 0.253 e. The number of carbonyl (C=O) groups excluding carboxylic acids is 3. The molecule has 0 radical (unpaired) electrons. The van der Waals surface area contributed by atoms with E-state index in [4.69, 9.17) is 9.47 Å². The second-order valence-electron chi connectivity index (χ2n) is 10.2. The fourth-order valence-corrected chi connectivity index (χ4v) is 5.69. The van der Waals surface area contributed by atoms with Gasteiger partial charge in [0.25, 0.3) is 11.8 Å². The third-order valence-corrected chi connectivity index (χ3v) is 7.79. The van der Waals surface area contributed by atoms with Crippen molar-refractivity contribution in [2.75, 3.05) is 38.0 Å². The van der Waals surface area contributed by atoms with Crippen LogP contribution in [0.3, 0.4) is 0 Å². The highest BCUT2D eigenvalue weighted by atomic mass is 19.1. The van der Waals surface area contributed by atoms with E-state index in [0.29, 0.717) is 44.0 Å². The number of amides is 3. The molecular formula is C30H29FN4O5. The number of carbonyl (C=O) groups is 3. The van der Waals surface area contributed by atoms with Gasteiger partial charge in [0.05, 0.1) is 6.67 Å². The summed E-state index contributed by atoms with van der Waals surface area (Å²) in [4.78, 5) is 45.2. The summed E-state index contributed by atoms with van der Waals surface area (Å²) in [6, 6.07) is 20.8. The third kappa shape index (κ3) is 4.81. The van der Waals surface area contributed by atoms with Crippen LogP contribution in [-0.2, 0) is 16.1 Å². The second-order valence-corrected chi connectivity index (χ2v) is 10.2. The number of anilines is 1. The average Bonchev–Trinajstić information content (AvgIpc) is 3.55. The molecule has 0 aliphatic carbocycles. The zero-order chi connectivity index (χ0) is 27.7. The van der Waals surface area contributed by atoms with Crippen LogP contribution < -0.4 is 19.7 Å². The molecule has 1 spiro atoms. The van der Waals surface area contributed by atoms with Crippen LogP contribution in [0.15, 0.2) is 72.8 Å². The van der Waals surface area contributed by atoms with Gasteiger partial charge in [0.1, 0.15) is 17.9 Å². The Morgan fingerprint density at radius 2 is 1.70 bits per heavy atom. The minimum Gasteiger partial charge on any atom is -0.454 e. The Balaban J connectivity index is 1.15. The zero-order valence-corrected chi connectivity index (χ0v) is 21.8. The van der Waals surface area contributed by atoms with Crippen LogP contribution in [-0.4, -0.2) is 66.2 Å². The van der Waals surface area contributed by atoms with Gasteiger partial charge in [0.15, 0.2) is 11.5 Å². The molecule has 9 nitrogen and oxygen atoms in total. The molecule has 0 atom stereocenters. The molecule has 6 rings (SSSR count). The predicted octanol–water partition coefficient (Wildman–Crippen LogP) is 3.15. The van der Waals surface area contributed by atoms with Crippen molar-refractivity contribution >= 4 is 23.4 Å². The molecule has 3 amide bonds. The number of benzene rings is 3. The minimum absolute atomic E-state index is 0.0829.